The fourth-order valence-corrected chi connectivity index (χ4v) is 5.26. The summed E-state index contributed by atoms with van der Waals surface area (Å²) in [6.45, 7) is 1.85. The summed E-state index contributed by atoms with van der Waals surface area (Å²) in [5.74, 6) is -0.152. The number of sulfone groups is 1. The van der Waals surface area contributed by atoms with Crippen molar-refractivity contribution in [2.45, 2.75) is 38.0 Å². The van der Waals surface area contributed by atoms with E-state index in [9.17, 15) is 18.3 Å². The van der Waals surface area contributed by atoms with Crippen LogP contribution in [0.3, 0.4) is 0 Å². The number of hydrogen-bond acceptors (Lipinski definition) is 7. The van der Waals surface area contributed by atoms with Gasteiger partial charge in [0, 0.05) is 16.8 Å². The second kappa shape index (κ2) is 8.56. The molecule has 1 fully saturated rings. The first-order valence-electron chi connectivity index (χ1n) is 11.1. The predicted octanol–water partition coefficient (Wildman–Crippen LogP) is 1.05. The largest absolute Gasteiger partial charge is 0.493 e. The van der Waals surface area contributed by atoms with Crippen molar-refractivity contribution in [2.75, 3.05) is 5.75 Å². The van der Waals surface area contributed by atoms with Gasteiger partial charge in [-0.05, 0) is 37.0 Å². The lowest BCUT2D eigenvalue weighted by Crippen LogP contribution is -2.19. The van der Waals surface area contributed by atoms with Crippen LogP contribution in [-0.2, 0) is 15.6 Å². The molecule has 0 amide bonds. The average molecular weight is 481 g/mol. The highest BCUT2D eigenvalue weighted by molar-refractivity contribution is 7.90. The molecule has 5 rings (SSSR count). The molecule has 0 bridgehead atoms. The van der Waals surface area contributed by atoms with Crippen LogP contribution in [0.2, 0.25) is 0 Å². The van der Waals surface area contributed by atoms with Crippen LogP contribution in [0.25, 0.3) is 23.0 Å². The van der Waals surface area contributed by atoms with Crippen LogP contribution >= 0.6 is 0 Å². The zero-order chi connectivity index (χ0) is 23.9. The molecule has 34 heavy (non-hydrogen) atoms. The van der Waals surface area contributed by atoms with Gasteiger partial charge >= 0.3 is 5.69 Å². The SMILES string of the molecule is CCCS(=O)(=O)Cc1cccc(-c2cc(=NC3CC3)n3ncc(=Cc4[nH]c(=O)[nH]c4O)c3n2)c1. The fraction of sp³-hybridized carbons (Fsp3) is 0.304. The van der Waals surface area contributed by atoms with Gasteiger partial charge in [-0.3, -0.25) is 9.98 Å². The molecule has 176 valence electrons. The molecule has 4 aromatic rings. The van der Waals surface area contributed by atoms with E-state index < -0.39 is 15.5 Å². The molecule has 1 saturated carbocycles. The second-order valence-electron chi connectivity index (χ2n) is 8.47. The molecule has 0 saturated heterocycles. The Morgan fingerprint density at radius 3 is 2.79 bits per heavy atom. The molecule has 3 heterocycles. The molecule has 0 radical (unpaired) electrons. The van der Waals surface area contributed by atoms with Crippen molar-refractivity contribution in [3.63, 3.8) is 0 Å². The summed E-state index contributed by atoms with van der Waals surface area (Å²) in [6.07, 6.45) is 5.79. The summed E-state index contributed by atoms with van der Waals surface area (Å²) in [5.41, 5.74) is 2.93. The van der Waals surface area contributed by atoms with Gasteiger partial charge in [0.1, 0.15) is 5.69 Å². The van der Waals surface area contributed by atoms with E-state index in [4.69, 9.17) is 9.98 Å². The van der Waals surface area contributed by atoms with E-state index in [1.807, 2.05) is 31.2 Å². The van der Waals surface area contributed by atoms with E-state index in [0.29, 0.717) is 34.0 Å². The number of benzene rings is 1. The highest BCUT2D eigenvalue weighted by Crippen LogP contribution is 2.23. The highest BCUT2D eigenvalue weighted by Gasteiger charge is 2.20. The summed E-state index contributed by atoms with van der Waals surface area (Å²) in [7, 11) is -3.18. The number of H-pyrrole nitrogens is 2. The lowest BCUT2D eigenvalue weighted by Gasteiger charge is -2.07. The molecular weight excluding hydrogens is 456 g/mol. The van der Waals surface area contributed by atoms with Crippen LogP contribution in [0.15, 0.2) is 46.3 Å². The number of aromatic amines is 2. The van der Waals surface area contributed by atoms with Crippen molar-refractivity contribution in [1.82, 2.24) is 24.6 Å². The minimum Gasteiger partial charge on any atom is -0.493 e. The molecule has 3 aromatic heterocycles. The monoisotopic (exact) mass is 480 g/mol. The van der Waals surface area contributed by atoms with Gasteiger partial charge in [-0.25, -0.2) is 18.2 Å². The van der Waals surface area contributed by atoms with Crippen molar-refractivity contribution in [3.8, 4) is 17.1 Å². The Morgan fingerprint density at radius 2 is 2.09 bits per heavy atom. The van der Waals surface area contributed by atoms with Crippen molar-refractivity contribution >= 4 is 21.6 Å². The van der Waals surface area contributed by atoms with Gasteiger partial charge in [-0.15, -0.1) is 0 Å². The van der Waals surface area contributed by atoms with E-state index >= 15 is 0 Å². The summed E-state index contributed by atoms with van der Waals surface area (Å²) in [4.78, 5) is 25.9. The van der Waals surface area contributed by atoms with Gasteiger partial charge in [-0.1, -0.05) is 25.1 Å². The van der Waals surface area contributed by atoms with Crippen LogP contribution in [0.4, 0.5) is 0 Å². The van der Waals surface area contributed by atoms with Gasteiger partial charge < -0.3 is 10.1 Å². The van der Waals surface area contributed by atoms with Gasteiger partial charge in [0.05, 0.1) is 29.4 Å². The number of nitrogens with one attached hydrogen (secondary N) is 2. The van der Waals surface area contributed by atoms with Gasteiger partial charge in [0.25, 0.3) is 0 Å². The van der Waals surface area contributed by atoms with Crippen LogP contribution in [0.5, 0.6) is 5.88 Å². The fourth-order valence-electron chi connectivity index (χ4n) is 3.80. The van der Waals surface area contributed by atoms with E-state index in [2.05, 4.69) is 15.1 Å². The van der Waals surface area contributed by atoms with Crippen molar-refractivity contribution < 1.29 is 13.5 Å². The molecule has 1 aliphatic rings. The number of aromatic hydroxyl groups is 1. The van der Waals surface area contributed by atoms with E-state index in [-0.39, 0.29) is 29.1 Å². The van der Waals surface area contributed by atoms with Crippen LogP contribution in [-0.4, -0.2) is 49.9 Å². The second-order valence-corrected chi connectivity index (χ2v) is 10.7. The highest BCUT2D eigenvalue weighted by atomic mass is 32.2. The first-order chi connectivity index (χ1) is 16.3. The maximum atomic E-state index is 12.3. The summed E-state index contributed by atoms with van der Waals surface area (Å²) in [5, 5.41) is 14.9. The number of nitrogens with zero attached hydrogens (tertiary/aromatic N) is 4. The van der Waals surface area contributed by atoms with Crippen LogP contribution in [0, 0.1) is 0 Å². The Kier molecular flexibility index (Phi) is 5.56. The molecule has 1 aromatic carbocycles. The minimum atomic E-state index is -3.18. The number of aromatic nitrogens is 5. The lowest BCUT2D eigenvalue weighted by molar-refractivity contribution is 0.454. The van der Waals surface area contributed by atoms with Gasteiger partial charge in [-0.2, -0.15) is 9.61 Å². The Labute approximate surface area is 194 Å². The number of fused-ring (bicyclic) bond motifs is 1. The Bertz CT molecular complexity index is 1660. The predicted molar refractivity (Wildman–Crippen MR) is 127 cm³/mol. The molecule has 0 aliphatic heterocycles. The summed E-state index contributed by atoms with van der Waals surface area (Å²) >= 11 is 0. The molecular formula is C23H24N6O4S. The summed E-state index contributed by atoms with van der Waals surface area (Å²) < 4.78 is 26.3. The van der Waals surface area contributed by atoms with Gasteiger partial charge in [0.15, 0.2) is 21.0 Å². The van der Waals surface area contributed by atoms with E-state index in [0.717, 1.165) is 18.4 Å². The molecule has 10 nitrogen and oxygen atoms in total. The molecule has 0 atom stereocenters. The first kappa shape index (κ1) is 22.1. The standard InChI is InChI=1S/C23H24N6O4S/c1-2-8-34(32,33)13-14-4-3-5-15(9-14)18-11-20(25-17-6-7-17)29-21(26-18)16(12-24-29)10-19-22(30)28-23(31)27-19/h3-5,9-12,17,30H,2,6-8,13H2,1H3,(H2,27,28,31). The Morgan fingerprint density at radius 1 is 1.26 bits per heavy atom. The molecule has 0 unspecified atom stereocenters. The normalized spacial score (nSPS) is 15.4. The zero-order valence-electron chi connectivity index (χ0n) is 18.5. The zero-order valence-corrected chi connectivity index (χ0v) is 19.3. The lowest BCUT2D eigenvalue weighted by atomic mass is 10.1. The molecule has 11 heteroatoms. The van der Waals surface area contributed by atoms with E-state index in [1.54, 1.807) is 22.9 Å². The van der Waals surface area contributed by atoms with Gasteiger partial charge in [0.2, 0.25) is 5.88 Å². The molecule has 3 N–H and O–H groups in total. The molecule has 0 spiro atoms. The quantitative estimate of drug-likeness (QED) is 0.360. The molecule has 1 aliphatic carbocycles. The van der Waals surface area contributed by atoms with Crippen molar-refractivity contribution in [2.24, 2.45) is 4.99 Å². The third-order valence-corrected chi connectivity index (χ3v) is 7.30. The van der Waals surface area contributed by atoms with E-state index in [1.165, 1.54) is 0 Å². The minimum absolute atomic E-state index is 0.0257. The Balaban J connectivity index is 1.66. The summed E-state index contributed by atoms with van der Waals surface area (Å²) in [6, 6.07) is 9.42. The maximum absolute atomic E-state index is 12.3. The number of imidazole rings is 1. The Hall–Kier alpha value is -3.73. The topological polar surface area (TPSA) is 146 Å². The maximum Gasteiger partial charge on any atom is 0.326 e. The van der Waals surface area contributed by atoms with Crippen molar-refractivity contribution in [3.05, 3.63) is 69.0 Å². The van der Waals surface area contributed by atoms with Crippen LogP contribution in [0.1, 0.15) is 37.4 Å². The number of rotatable bonds is 7. The third kappa shape index (κ3) is 4.65. The first-order valence-corrected chi connectivity index (χ1v) is 12.9. The van der Waals surface area contributed by atoms with Crippen LogP contribution < -0.4 is 16.4 Å². The average Bonchev–Trinajstić information content (AvgIpc) is 3.41. The smallest absolute Gasteiger partial charge is 0.326 e. The number of hydrogen-bond donors (Lipinski definition) is 3. The third-order valence-electron chi connectivity index (χ3n) is 5.50. The van der Waals surface area contributed by atoms with Crippen molar-refractivity contribution in [1.29, 1.82) is 0 Å².